The first-order valence-corrected chi connectivity index (χ1v) is 4.30. The van der Waals surface area contributed by atoms with Crippen molar-refractivity contribution in [1.82, 2.24) is 5.32 Å². The Bertz CT molecular complexity index is 331. The van der Waals surface area contributed by atoms with Gasteiger partial charge >= 0.3 is 0 Å². The van der Waals surface area contributed by atoms with E-state index in [9.17, 15) is 0 Å². The summed E-state index contributed by atoms with van der Waals surface area (Å²) in [6, 6.07) is 7.31. The van der Waals surface area contributed by atoms with Gasteiger partial charge in [-0.15, -0.1) is 0 Å². The van der Waals surface area contributed by atoms with Gasteiger partial charge in [0.25, 0.3) is 0 Å². The molecule has 0 bridgehead atoms. The van der Waals surface area contributed by atoms with Gasteiger partial charge in [-0.2, -0.15) is 0 Å². The molecule has 0 spiro atoms. The third-order valence-electron chi connectivity index (χ3n) is 1.58. The second-order valence-electron chi connectivity index (χ2n) is 2.52. The summed E-state index contributed by atoms with van der Waals surface area (Å²) in [4.78, 5) is 0. The summed E-state index contributed by atoms with van der Waals surface area (Å²) in [5, 5.41) is 11.1. The SMILES string of the molecule is CN/C=C\C(=N)c1ccccc1Cl. The Morgan fingerprint density at radius 1 is 1.46 bits per heavy atom. The van der Waals surface area contributed by atoms with Gasteiger partial charge in [0.05, 0.1) is 5.71 Å². The lowest BCUT2D eigenvalue weighted by atomic mass is 10.1. The van der Waals surface area contributed by atoms with Crippen LogP contribution in [-0.2, 0) is 0 Å². The molecule has 68 valence electrons. The lowest BCUT2D eigenvalue weighted by Crippen LogP contribution is -1.99. The Labute approximate surface area is 82.7 Å². The number of hydrogen-bond donors (Lipinski definition) is 2. The summed E-state index contributed by atoms with van der Waals surface area (Å²) < 4.78 is 0. The van der Waals surface area contributed by atoms with Crippen molar-refractivity contribution in [2.45, 2.75) is 0 Å². The highest BCUT2D eigenvalue weighted by Crippen LogP contribution is 2.15. The van der Waals surface area contributed by atoms with Crippen LogP contribution in [0.2, 0.25) is 5.02 Å². The molecule has 0 heterocycles. The Kier molecular flexibility index (Phi) is 3.53. The molecule has 1 aromatic carbocycles. The van der Waals surface area contributed by atoms with Gasteiger partial charge < -0.3 is 10.7 Å². The minimum Gasteiger partial charge on any atom is -0.394 e. The van der Waals surface area contributed by atoms with E-state index < -0.39 is 0 Å². The van der Waals surface area contributed by atoms with Crippen molar-refractivity contribution in [2.24, 2.45) is 0 Å². The van der Waals surface area contributed by atoms with Crippen molar-refractivity contribution >= 4 is 17.3 Å². The number of nitrogens with one attached hydrogen (secondary N) is 2. The van der Waals surface area contributed by atoms with Crippen molar-refractivity contribution in [3.05, 3.63) is 47.1 Å². The first-order valence-electron chi connectivity index (χ1n) is 3.93. The third kappa shape index (κ3) is 2.60. The van der Waals surface area contributed by atoms with Gasteiger partial charge in [-0.25, -0.2) is 0 Å². The molecular weight excluding hydrogens is 184 g/mol. The van der Waals surface area contributed by atoms with Crippen LogP contribution in [0.5, 0.6) is 0 Å². The van der Waals surface area contributed by atoms with Crippen molar-refractivity contribution in [3.8, 4) is 0 Å². The third-order valence-corrected chi connectivity index (χ3v) is 1.91. The van der Waals surface area contributed by atoms with Crippen molar-refractivity contribution in [2.75, 3.05) is 7.05 Å². The molecule has 0 aliphatic heterocycles. The smallest absolute Gasteiger partial charge is 0.0641 e. The zero-order chi connectivity index (χ0) is 9.68. The molecule has 0 atom stereocenters. The first-order chi connectivity index (χ1) is 6.25. The van der Waals surface area contributed by atoms with E-state index in [1.54, 1.807) is 25.4 Å². The van der Waals surface area contributed by atoms with Gasteiger partial charge in [0.2, 0.25) is 0 Å². The summed E-state index contributed by atoms with van der Waals surface area (Å²) in [5.74, 6) is 0. The van der Waals surface area contributed by atoms with Gasteiger partial charge in [0, 0.05) is 17.6 Å². The number of benzene rings is 1. The summed E-state index contributed by atoms with van der Waals surface area (Å²) in [5.41, 5.74) is 1.15. The van der Waals surface area contributed by atoms with Gasteiger partial charge in [0.15, 0.2) is 0 Å². The fraction of sp³-hybridized carbons (Fsp3) is 0.100. The van der Waals surface area contributed by atoms with Crippen LogP contribution in [-0.4, -0.2) is 12.8 Å². The maximum absolute atomic E-state index is 7.66. The second kappa shape index (κ2) is 4.67. The molecule has 0 aliphatic rings. The monoisotopic (exact) mass is 194 g/mol. The van der Waals surface area contributed by atoms with Crippen LogP contribution in [0.25, 0.3) is 0 Å². The van der Waals surface area contributed by atoms with E-state index >= 15 is 0 Å². The van der Waals surface area contributed by atoms with Crippen molar-refractivity contribution in [3.63, 3.8) is 0 Å². The number of allylic oxidation sites excluding steroid dienone is 1. The van der Waals surface area contributed by atoms with Crippen LogP contribution in [0.3, 0.4) is 0 Å². The summed E-state index contributed by atoms with van der Waals surface area (Å²) in [7, 11) is 1.79. The summed E-state index contributed by atoms with van der Waals surface area (Å²) in [6.45, 7) is 0. The van der Waals surface area contributed by atoms with Crippen molar-refractivity contribution < 1.29 is 0 Å². The van der Waals surface area contributed by atoms with E-state index in [1.807, 2.05) is 18.2 Å². The van der Waals surface area contributed by atoms with Crippen LogP contribution < -0.4 is 5.32 Å². The second-order valence-corrected chi connectivity index (χ2v) is 2.92. The Hall–Kier alpha value is -1.28. The Morgan fingerprint density at radius 3 is 2.77 bits per heavy atom. The zero-order valence-corrected chi connectivity index (χ0v) is 8.10. The van der Waals surface area contributed by atoms with E-state index in [-0.39, 0.29) is 0 Å². The molecule has 3 heteroatoms. The first kappa shape index (κ1) is 9.81. The molecule has 0 saturated heterocycles. The lowest BCUT2D eigenvalue weighted by Gasteiger charge is -2.00. The van der Waals surface area contributed by atoms with E-state index in [0.717, 1.165) is 5.56 Å². The Balaban J connectivity index is 2.89. The largest absolute Gasteiger partial charge is 0.394 e. The molecule has 0 fully saturated rings. The predicted molar refractivity (Wildman–Crippen MR) is 56.5 cm³/mol. The zero-order valence-electron chi connectivity index (χ0n) is 7.34. The standard InChI is InChI=1S/C10H11ClN2/c1-13-7-6-10(12)8-4-2-3-5-9(8)11/h2-7,12-13H,1H3/b7-6-,12-10?. The van der Waals surface area contributed by atoms with E-state index in [4.69, 9.17) is 17.0 Å². The highest BCUT2D eigenvalue weighted by molar-refractivity contribution is 6.34. The fourth-order valence-corrected chi connectivity index (χ4v) is 1.17. The molecule has 0 radical (unpaired) electrons. The normalized spacial score (nSPS) is 10.3. The van der Waals surface area contributed by atoms with E-state index in [1.165, 1.54) is 0 Å². The van der Waals surface area contributed by atoms with Crippen LogP contribution in [0.15, 0.2) is 36.5 Å². The van der Waals surface area contributed by atoms with Gasteiger partial charge in [0.1, 0.15) is 0 Å². The molecule has 2 nitrogen and oxygen atoms in total. The molecule has 0 aromatic heterocycles. The van der Waals surface area contributed by atoms with E-state index in [0.29, 0.717) is 10.7 Å². The molecule has 0 amide bonds. The van der Waals surface area contributed by atoms with Crippen LogP contribution in [0, 0.1) is 5.41 Å². The maximum atomic E-state index is 7.66. The average Bonchev–Trinajstić information content (AvgIpc) is 2.15. The number of halogens is 1. The minimum absolute atomic E-state index is 0.403. The van der Waals surface area contributed by atoms with Crippen LogP contribution in [0.1, 0.15) is 5.56 Å². The van der Waals surface area contributed by atoms with Gasteiger partial charge in [-0.05, 0) is 18.3 Å². The quantitative estimate of drug-likeness (QED) is 0.713. The van der Waals surface area contributed by atoms with Crippen molar-refractivity contribution in [1.29, 1.82) is 5.41 Å². The molecular formula is C10H11ClN2. The molecule has 2 N–H and O–H groups in total. The highest BCUT2D eigenvalue weighted by Gasteiger charge is 2.00. The molecule has 0 unspecified atom stereocenters. The lowest BCUT2D eigenvalue weighted by molar-refractivity contribution is 1.10. The fourth-order valence-electron chi connectivity index (χ4n) is 0.936. The Morgan fingerprint density at radius 2 is 2.15 bits per heavy atom. The van der Waals surface area contributed by atoms with E-state index in [2.05, 4.69) is 5.32 Å². The maximum Gasteiger partial charge on any atom is 0.0641 e. The molecule has 1 aromatic rings. The molecule has 0 aliphatic carbocycles. The summed E-state index contributed by atoms with van der Waals surface area (Å²) >= 11 is 5.90. The number of hydrogen-bond acceptors (Lipinski definition) is 2. The predicted octanol–water partition coefficient (Wildman–Crippen LogP) is 2.44. The molecule has 0 saturated carbocycles. The highest BCUT2D eigenvalue weighted by atomic mass is 35.5. The number of rotatable bonds is 3. The summed E-state index contributed by atoms with van der Waals surface area (Å²) in [6.07, 6.45) is 3.37. The van der Waals surface area contributed by atoms with Crippen LogP contribution >= 0.6 is 11.6 Å². The van der Waals surface area contributed by atoms with Crippen LogP contribution in [0.4, 0.5) is 0 Å². The minimum atomic E-state index is 0.403. The topological polar surface area (TPSA) is 35.9 Å². The van der Waals surface area contributed by atoms with Gasteiger partial charge in [-0.3, -0.25) is 0 Å². The molecule has 13 heavy (non-hydrogen) atoms. The van der Waals surface area contributed by atoms with Gasteiger partial charge in [-0.1, -0.05) is 29.8 Å². The average molecular weight is 195 g/mol. The molecule has 1 rings (SSSR count).